The Kier molecular flexibility index (Phi) is 1.99. The molecule has 1 aliphatic heterocycles. The molecule has 5 heteroatoms. The van der Waals surface area contributed by atoms with Gasteiger partial charge in [0.25, 0.3) is 0 Å². The first-order valence-corrected chi connectivity index (χ1v) is 6.37. The highest BCUT2D eigenvalue weighted by atomic mass is 15.2. The molecule has 0 bridgehead atoms. The summed E-state index contributed by atoms with van der Waals surface area (Å²) in [7, 11) is 0. The molecule has 0 spiro atoms. The predicted octanol–water partition coefficient (Wildman–Crippen LogP) is 1.60. The molecule has 1 saturated heterocycles. The van der Waals surface area contributed by atoms with E-state index in [-0.39, 0.29) is 0 Å². The van der Waals surface area contributed by atoms with Gasteiger partial charge >= 0.3 is 0 Å². The number of pyridine rings is 1. The topological polar surface area (TPSA) is 58.0 Å². The number of hydrogen-bond acceptors (Lipinski definition) is 3. The van der Waals surface area contributed by atoms with Crippen LogP contribution in [0.3, 0.4) is 0 Å². The molecular weight excluding hydrogens is 226 g/mol. The summed E-state index contributed by atoms with van der Waals surface area (Å²) in [6.45, 7) is 4.17. The fraction of sp³-hybridized carbons (Fsp3) is 0.385. The van der Waals surface area contributed by atoms with Gasteiger partial charge in [-0.2, -0.15) is 0 Å². The number of H-pyrrole nitrogens is 1. The Balaban J connectivity index is 1.98. The van der Waals surface area contributed by atoms with Gasteiger partial charge in [0.05, 0.1) is 11.0 Å². The molecule has 5 nitrogen and oxygen atoms in total. The number of fused-ring (bicyclic) bond motifs is 3. The van der Waals surface area contributed by atoms with Gasteiger partial charge < -0.3 is 10.3 Å². The van der Waals surface area contributed by atoms with E-state index in [1.807, 2.05) is 13.0 Å². The van der Waals surface area contributed by atoms with Gasteiger partial charge in [-0.3, -0.25) is 4.40 Å². The summed E-state index contributed by atoms with van der Waals surface area (Å²) in [5.41, 5.74) is 4.56. The summed E-state index contributed by atoms with van der Waals surface area (Å²) in [5, 5.41) is 11.7. The average molecular weight is 241 g/mol. The first kappa shape index (κ1) is 10.1. The number of aromatic amines is 1. The van der Waals surface area contributed by atoms with Crippen molar-refractivity contribution in [2.75, 3.05) is 13.1 Å². The molecule has 0 aromatic carbocycles. The quantitative estimate of drug-likeness (QED) is 0.680. The lowest BCUT2D eigenvalue weighted by atomic mass is 10.1. The van der Waals surface area contributed by atoms with Crippen LogP contribution in [0.25, 0.3) is 16.7 Å². The summed E-state index contributed by atoms with van der Waals surface area (Å²) in [5.74, 6) is 1.54. The Morgan fingerprint density at radius 1 is 1.33 bits per heavy atom. The predicted molar refractivity (Wildman–Crippen MR) is 69.8 cm³/mol. The van der Waals surface area contributed by atoms with Gasteiger partial charge in [0.15, 0.2) is 5.65 Å². The summed E-state index contributed by atoms with van der Waals surface area (Å²) < 4.78 is 2.11. The second kappa shape index (κ2) is 3.55. The van der Waals surface area contributed by atoms with Crippen LogP contribution in [0, 0.1) is 6.92 Å². The van der Waals surface area contributed by atoms with Crippen LogP contribution in [0.5, 0.6) is 0 Å². The van der Waals surface area contributed by atoms with E-state index in [9.17, 15) is 0 Å². The zero-order valence-electron chi connectivity index (χ0n) is 10.3. The molecule has 18 heavy (non-hydrogen) atoms. The third-order valence-corrected chi connectivity index (χ3v) is 3.84. The Morgan fingerprint density at radius 2 is 2.28 bits per heavy atom. The molecule has 4 rings (SSSR count). The average Bonchev–Trinajstić information content (AvgIpc) is 3.05. The summed E-state index contributed by atoms with van der Waals surface area (Å²) >= 11 is 0. The molecule has 3 aromatic heterocycles. The van der Waals surface area contributed by atoms with Gasteiger partial charge in [-0.05, 0) is 38.1 Å². The molecule has 0 saturated carbocycles. The van der Waals surface area contributed by atoms with Gasteiger partial charge in [-0.15, -0.1) is 10.2 Å². The highest BCUT2D eigenvalue weighted by Gasteiger charge is 2.19. The minimum atomic E-state index is 0.601. The molecule has 1 unspecified atom stereocenters. The highest BCUT2D eigenvalue weighted by Crippen LogP contribution is 2.26. The molecule has 0 aliphatic carbocycles. The molecular formula is C13H15N5. The lowest BCUT2D eigenvalue weighted by Crippen LogP contribution is -2.07. The zero-order valence-corrected chi connectivity index (χ0v) is 10.3. The number of nitrogens with zero attached hydrogens (tertiary/aromatic N) is 3. The van der Waals surface area contributed by atoms with Crippen LogP contribution in [0.1, 0.15) is 23.9 Å². The van der Waals surface area contributed by atoms with Crippen LogP contribution in [-0.2, 0) is 0 Å². The number of rotatable bonds is 1. The minimum Gasteiger partial charge on any atom is -0.357 e. The molecule has 92 valence electrons. The number of aromatic nitrogens is 4. The Bertz CT molecular complexity index is 717. The van der Waals surface area contributed by atoms with Crippen molar-refractivity contribution in [2.24, 2.45) is 0 Å². The van der Waals surface area contributed by atoms with E-state index < -0.39 is 0 Å². The van der Waals surface area contributed by atoms with E-state index in [1.54, 1.807) is 0 Å². The highest BCUT2D eigenvalue weighted by molar-refractivity contribution is 5.80. The van der Waals surface area contributed by atoms with Crippen LogP contribution in [0.15, 0.2) is 18.2 Å². The van der Waals surface area contributed by atoms with E-state index in [0.717, 1.165) is 30.1 Å². The van der Waals surface area contributed by atoms with Crippen LogP contribution in [0.4, 0.5) is 0 Å². The van der Waals surface area contributed by atoms with Gasteiger partial charge in [-0.25, -0.2) is 0 Å². The maximum absolute atomic E-state index is 4.16. The SMILES string of the molecule is Cc1nnc2ccc3[nH]c(C4CCNC4)cc3n12. The number of hydrogen-bond donors (Lipinski definition) is 2. The monoisotopic (exact) mass is 241 g/mol. The van der Waals surface area contributed by atoms with E-state index >= 15 is 0 Å². The van der Waals surface area contributed by atoms with Gasteiger partial charge in [0, 0.05) is 18.2 Å². The van der Waals surface area contributed by atoms with Crippen molar-refractivity contribution in [1.29, 1.82) is 0 Å². The van der Waals surface area contributed by atoms with Crippen LogP contribution >= 0.6 is 0 Å². The molecule has 1 atom stereocenters. The lowest BCUT2D eigenvalue weighted by molar-refractivity contribution is 0.743. The smallest absolute Gasteiger partial charge is 0.161 e. The molecule has 4 heterocycles. The summed E-state index contributed by atoms with van der Waals surface area (Å²) in [4.78, 5) is 3.53. The molecule has 1 fully saturated rings. The van der Waals surface area contributed by atoms with Gasteiger partial charge in [0.2, 0.25) is 0 Å². The van der Waals surface area contributed by atoms with Crippen molar-refractivity contribution < 1.29 is 0 Å². The number of aryl methyl sites for hydroxylation is 1. The number of nitrogens with one attached hydrogen (secondary N) is 2. The molecule has 3 aromatic rings. The normalized spacial score (nSPS) is 20.2. The summed E-state index contributed by atoms with van der Waals surface area (Å²) in [6, 6.07) is 6.34. The minimum absolute atomic E-state index is 0.601. The standard InChI is InChI=1S/C13H15N5/c1-8-16-17-13-3-2-10-12(18(8)13)6-11(15-10)9-4-5-14-7-9/h2-3,6,9,14-15H,4-5,7H2,1H3. The molecule has 0 amide bonds. The van der Waals surface area contributed by atoms with Crippen molar-refractivity contribution >= 4 is 16.7 Å². The second-order valence-electron chi connectivity index (χ2n) is 4.99. The van der Waals surface area contributed by atoms with Crippen molar-refractivity contribution in [2.45, 2.75) is 19.3 Å². The summed E-state index contributed by atoms with van der Waals surface area (Å²) in [6.07, 6.45) is 1.21. The van der Waals surface area contributed by atoms with Crippen LogP contribution in [0.2, 0.25) is 0 Å². The molecule has 0 radical (unpaired) electrons. The van der Waals surface area contributed by atoms with Crippen molar-refractivity contribution in [3.05, 3.63) is 29.7 Å². The maximum atomic E-state index is 4.16. The van der Waals surface area contributed by atoms with Crippen LogP contribution < -0.4 is 5.32 Å². The third kappa shape index (κ3) is 1.31. The van der Waals surface area contributed by atoms with E-state index in [1.165, 1.54) is 17.6 Å². The van der Waals surface area contributed by atoms with Crippen molar-refractivity contribution in [1.82, 2.24) is 24.9 Å². The Hall–Kier alpha value is -1.88. The van der Waals surface area contributed by atoms with Crippen LogP contribution in [-0.4, -0.2) is 32.7 Å². The Labute approximate surface area is 104 Å². The van der Waals surface area contributed by atoms with E-state index in [4.69, 9.17) is 0 Å². The van der Waals surface area contributed by atoms with Gasteiger partial charge in [-0.1, -0.05) is 0 Å². The fourth-order valence-corrected chi connectivity index (χ4v) is 2.88. The largest absolute Gasteiger partial charge is 0.357 e. The van der Waals surface area contributed by atoms with E-state index in [2.05, 4.69) is 37.0 Å². The second-order valence-corrected chi connectivity index (χ2v) is 4.99. The molecule has 2 N–H and O–H groups in total. The molecule has 1 aliphatic rings. The van der Waals surface area contributed by atoms with Gasteiger partial charge in [0.1, 0.15) is 5.82 Å². The van der Waals surface area contributed by atoms with Crippen molar-refractivity contribution in [3.8, 4) is 0 Å². The van der Waals surface area contributed by atoms with E-state index in [0.29, 0.717) is 5.92 Å². The maximum Gasteiger partial charge on any atom is 0.161 e. The van der Waals surface area contributed by atoms with Crippen molar-refractivity contribution in [3.63, 3.8) is 0 Å². The third-order valence-electron chi connectivity index (χ3n) is 3.84. The fourth-order valence-electron chi connectivity index (χ4n) is 2.88. The lowest BCUT2D eigenvalue weighted by Gasteiger charge is -2.03. The first-order valence-electron chi connectivity index (χ1n) is 6.37. The first-order chi connectivity index (χ1) is 8.83. The zero-order chi connectivity index (χ0) is 12.1. The Morgan fingerprint density at radius 3 is 3.11 bits per heavy atom.